The van der Waals surface area contributed by atoms with Crippen molar-refractivity contribution in [3.63, 3.8) is 0 Å². The Kier molecular flexibility index (Phi) is 7.27. The van der Waals surface area contributed by atoms with E-state index in [4.69, 9.17) is 5.11 Å². The Labute approximate surface area is 101 Å². The monoisotopic (exact) mass is 293 g/mol. The molecule has 2 N–H and O–H groups in total. The number of hydrogen-bond donors (Lipinski definition) is 2. The van der Waals surface area contributed by atoms with Gasteiger partial charge in [0.05, 0.1) is 4.47 Å². The molecule has 0 aliphatic carbocycles. The average Bonchev–Trinajstić information content (AvgIpc) is 2.31. The molecule has 1 rings (SSSR count). The average molecular weight is 294 g/mol. The normalized spacial score (nSPS) is 8.87. The Morgan fingerprint density at radius 2 is 2.20 bits per heavy atom. The van der Waals surface area contributed by atoms with E-state index in [0.29, 0.717) is 15.3 Å². The summed E-state index contributed by atoms with van der Waals surface area (Å²) in [7, 11) is 2.57. The first-order chi connectivity index (χ1) is 7.19. The molecule has 0 fully saturated rings. The zero-order chi connectivity index (χ0) is 11.8. The van der Waals surface area contributed by atoms with Crippen LogP contribution >= 0.6 is 27.7 Å². The maximum atomic E-state index is 11.3. The molecule has 0 saturated carbocycles. The zero-order valence-electron chi connectivity index (χ0n) is 8.61. The Morgan fingerprint density at radius 1 is 1.60 bits per heavy atom. The standard InChI is InChI=1S/C7H8BrN3OS.CH4O/c1-9-6(12)5-4(8)3-10-7(11-5)13-2;1-2/h3H,1-2H3,(H,9,12);2H,1H3. The molecule has 0 unspecified atom stereocenters. The second-order valence-electron chi connectivity index (χ2n) is 2.13. The molecule has 5 nitrogen and oxygen atoms in total. The second kappa shape index (κ2) is 7.61. The van der Waals surface area contributed by atoms with Gasteiger partial charge in [-0.3, -0.25) is 4.79 Å². The number of hydrogen-bond acceptors (Lipinski definition) is 5. The number of rotatable bonds is 2. The number of carbonyl (C=O) groups excluding carboxylic acids is 1. The number of thioether (sulfide) groups is 1. The summed E-state index contributed by atoms with van der Waals surface area (Å²) in [5.74, 6) is -0.218. The van der Waals surface area contributed by atoms with Crippen molar-refractivity contribution in [1.82, 2.24) is 15.3 Å². The van der Waals surface area contributed by atoms with E-state index in [0.717, 1.165) is 7.11 Å². The van der Waals surface area contributed by atoms with Crippen molar-refractivity contribution in [2.24, 2.45) is 0 Å². The number of aromatic nitrogens is 2. The van der Waals surface area contributed by atoms with Gasteiger partial charge in [-0.25, -0.2) is 9.97 Å². The van der Waals surface area contributed by atoms with Gasteiger partial charge >= 0.3 is 0 Å². The van der Waals surface area contributed by atoms with E-state index in [-0.39, 0.29) is 5.91 Å². The highest BCUT2D eigenvalue weighted by Crippen LogP contribution is 2.16. The fourth-order valence-electron chi connectivity index (χ4n) is 0.727. The second-order valence-corrected chi connectivity index (χ2v) is 3.76. The molecule has 1 amide bonds. The van der Waals surface area contributed by atoms with Crippen molar-refractivity contribution in [2.45, 2.75) is 5.16 Å². The maximum Gasteiger partial charge on any atom is 0.270 e. The van der Waals surface area contributed by atoms with Crippen molar-refractivity contribution in [1.29, 1.82) is 0 Å². The lowest BCUT2D eigenvalue weighted by Gasteiger charge is -2.02. The number of amides is 1. The smallest absolute Gasteiger partial charge is 0.270 e. The molecule has 7 heteroatoms. The first-order valence-corrected chi connectivity index (χ1v) is 5.94. The summed E-state index contributed by atoms with van der Waals surface area (Å²) in [4.78, 5) is 19.3. The minimum atomic E-state index is -0.218. The van der Waals surface area contributed by atoms with Crippen molar-refractivity contribution in [3.8, 4) is 0 Å². The minimum Gasteiger partial charge on any atom is -0.400 e. The molecule has 0 aliphatic heterocycles. The van der Waals surface area contributed by atoms with Crippen molar-refractivity contribution < 1.29 is 9.90 Å². The summed E-state index contributed by atoms with van der Waals surface area (Å²) in [6.45, 7) is 0. The van der Waals surface area contributed by atoms with Crippen LogP contribution in [-0.2, 0) is 0 Å². The number of nitrogens with zero attached hydrogens (tertiary/aromatic N) is 2. The molecule has 84 valence electrons. The molecule has 0 radical (unpaired) electrons. The summed E-state index contributed by atoms with van der Waals surface area (Å²) in [5, 5.41) is 10.1. The molecular weight excluding hydrogens is 282 g/mol. The molecule has 0 spiro atoms. The van der Waals surface area contributed by atoms with Gasteiger partial charge in [0.1, 0.15) is 5.69 Å². The molecule has 1 aromatic rings. The van der Waals surface area contributed by atoms with Gasteiger partial charge in [0.25, 0.3) is 5.91 Å². The topological polar surface area (TPSA) is 75.1 Å². The van der Waals surface area contributed by atoms with Crippen LogP contribution in [0.3, 0.4) is 0 Å². The highest BCUT2D eigenvalue weighted by atomic mass is 79.9. The van der Waals surface area contributed by atoms with Gasteiger partial charge < -0.3 is 10.4 Å². The summed E-state index contributed by atoms with van der Waals surface area (Å²) in [6.07, 6.45) is 3.43. The van der Waals surface area contributed by atoms with E-state index in [1.165, 1.54) is 11.8 Å². The van der Waals surface area contributed by atoms with Crippen molar-refractivity contribution in [2.75, 3.05) is 20.4 Å². The van der Waals surface area contributed by atoms with Crippen LogP contribution in [0.2, 0.25) is 0 Å². The van der Waals surface area contributed by atoms with Gasteiger partial charge in [0, 0.05) is 20.4 Å². The van der Waals surface area contributed by atoms with Crippen LogP contribution in [0.15, 0.2) is 15.8 Å². The molecule has 15 heavy (non-hydrogen) atoms. The molecule has 1 aromatic heterocycles. The fraction of sp³-hybridized carbons (Fsp3) is 0.375. The van der Waals surface area contributed by atoms with Gasteiger partial charge in [0.15, 0.2) is 5.16 Å². The van der Waals surface area contributed by atoms with Crippen LogP contribution in [-0.4, -0.2) is 41.4 Å². The van der Waals surface area contributed by atoms with Crippen LogP contribution in [0.4, 0.5) is 0 Å². The molecule has 0 aromatic carbocycles. The van der Waals surface area contributed by atoms with E-state index in [1.54, 1.807) is 13.2 Å². The van der Waals surface area contributed by atoms with Crippen LogP contribution in [0, 0.1) is 0 Å². The molecule has 0 atom stereocenters. The molecular formula is C8H12BrN3O2S. The third-order valence-electron chi connectivity index (χ3n) is 1.35. The highest BCUT2D eigenvalue weighted by molar-refractivity contribution is 9.10. The van der Waals surface area contributed by atoms with Crippen LogP contribution in [0.5, 0.6) is 0 Å². The van der Waals surface area contributed by atoms with Gasteiger partial charge in [-0.15, -0.1) is 0 Å². The van der Waals surface area contributed by atoms with Crippen LogP contribution < -0.4 is 5.32 Å². The van der Waals surface area contributed by atoms with Crippen LogP contribution in [0.1, 0.15) is 10.5 Å². The lowest BCUT2D eigenvalue weighted by atomic mass is 10.4. The number of halogens is 1. The van der Waals surface area contributed by atoms with Crippen molar-refractivity contribution >= 4 is 33.6 Å². The molecule has 0 bridgehead atoms. The van der Waals surface area contributed by atoms with Gasteiger partial charge in [0.2, 0.25) is 0 Å². The van der Waals surface area contributed by atoms with Crippen LogP contribution in [0.25, 0.3) is 0 Å². The number of aliphatic hydroxyl groups excluding tert-OH is 1. The lowest BCUT2D eigenvalue weighted by Crippen LogP contribution is -2.20. The Hall–Kier alpha value is -0.660. The summed E-state index contributed by atoms with van der Waals surface area (Å²) in [6, 6.07) is 0. The SMILES string of the molecule is CNC(=O)c1nc(SC)ncc1Br.CO. The quantitative estimate of drug-likeness (QED) is 0.627. The Bertz CT molecular complexity index is 336. The summed E-state index contributed by atoms with van der Waals surface area (Å²) in [5.41, 5.74) is 0.363. The Balaban J connectivity index is 0.000000921. The third-order valence-corrected chi connectivity index (χ3v) is 2.49. The first-order valence-electron chi connectivity index (χ1n) is 3.92. The third kappa shape index (κ3) is 4.15. The molecule has 1 heterocycles. The minimum absolute atomic E-state index is 0.218. The lowest BCUT2D eigenvalue weighted by molar-refractivity contribution is 0.0956. The summed E-state index contributed by atoms with van der Waals surface area (Å²) >= 11 is 4.60. The Morgan fingerprint density at radius 3 is 2.67 bits per heavy atom. The maximum absolute atomic E-state index is 11.3. The van der Waals surface area contributed by atoms with E-state index in [1.807, 2.05) is 6.26 Å². The largest absolute Gasteiger partial charge is 0.400 e. The first kappa shape index (κ1) is 14.3. The number of carbonyl (C=O) groups is 1. The molecule has 0 aliphatic rings. The zero-order valence-corrected chi connectivity index (χ0v) is 11.0. The van der Waals surface area contributed by atoms with Gasteiger partial charge in [-0.2, -0.15) is 0 Å². The number of nitrogens with one attached hydrogen (secondary N) is 1. The van der Waals surface area contributed by atoms with E-state index in [2.05, 4.69) is 31.2 Å². The number of aliphatic hydroxyl groups is 1. The van der Waals surface area contributed by atoms with Gasteiger partial charge in [-0.05, 0) is 22.2 Å². The highest BCUT2D eigenvalue weighted by Gasteiger charge is 2.11. The van der Waals surface area contributed by atoms with E-state index >= 15 is 0 Å². The van der Waals surface area contributed by atoms with Gasteiger partial charge in [-0.1, -0.05) is 11.8 Å². The van der Waals surface area contributed by atoms with Crippen molar-refractivity contribution in [3.05, 3.63) is 16.4 Å². The van der Waals surface area contributed by atoms with E-state index in [9.17, 15) is 4.79 Å². The predicted octanol–water partition coefficient (Wildman–Crippen LogP) is 0.929. The fourth-order valence-corrected chi connectivity index (χ4v) is 1.44. The molecule has 0 saturated heterocycles. The van der Waals surface area contributed by atoms with E-state index < -0.39 is 0 Å². The summed E-state index contributed by atoms with van der Waals surface area (Å²) < 4.78 is 0.602. The predicted molar refractivity (Wildman–Crippen MR) is 63.0 cm³/mol.